The largest absolute Gasteiger partial charge is 0.491 e. The number of rotatable bonds is 6. The standard InChI is InChI=1S/C17H28N2O/c1-4-11-18-15-9-12-19(13-10-15)16-5-7-17(8-6-16)20-14(2)3/h5-8,14-15,18H,4,9-13H2,1-3H3. The second-order valence-corrected chi connectivity index (χ2v) is 5.88. The monoisotopic (exact) mass is 276 g/mol. The van der Waals surface area contributed by atoms with Gasteiger partial charge in [-0.25, -0.2) is 0 Å². The molecular weight excluding hydrogens is 248 g/mol. The molecule has 3 nitrogen and oxygen atoms in total. The Bertz CT molecular complexity index is 380. The fraction of sp³-hybridized carbons (Fsp3) is 0.647. The van der Waals surface area contributed by atoms with E-state index in [4.69, 9.17) is 4.74 Å². The SMILES string of the molecule is CCCNC1CCN(c2ccc(OC(C)C)cc2)CC1. The number of ether oxygens (including phenoxy) is 1. The van der Waals surface area contributed by atoms with Crippen molar-refractivity contribution in [2.75, 3.05) is 24.5 Å². The first kappa shape index (κ1) is 15.2. The fourth-order valence-electron chi connectivity index (χ4n) is 2.70. The van der Waals surface area contributed by atoms with E-state index >= 15 is 0 Å². The Morgan fingerprint density at radius 3 is 2.40 bits per heavy atom. The third kappa shape index (κ3) is 4.41. The zero-order chi connectivity index (χ0) is 14.4. The average molecular weight is 276 g/mol. The van der Waals surface area contributed by atoms with Crippen LogP contribution in [0.1, 0.15) is 40.0 Å². The Labute approximate surface area is 123 Å². The molecule has 112 valence electrons. The lowest BCUT2D eigenvalue weighted by molar-refractivity contribution is 0.242. The number of hydrogen-bond acceptors (Lipinski definition) is 3. The van der Waals surface area contributed by atoms with Gasteiger partial charge in [-0.3, -0.25) is 0 Å². The summed E-state index contributed by atoms with van der Waals surface area (Å²) >= 11 is 0. The second-order valence-electron chi connectivity index (χ2n) is 5.88. The summed E-state index contributed by atoms with van der Waals surface area (Å²) in [5.74, 6) is 0.961. The average Bonchev–Trinajstić information content (AvgIpc) is 2.46. The van der Waals surface area contributed by atoms with Crippen molar-refractivity contribution in [3.8, 4) is 5.75 Å². The molecule has 20 heavy (non-hydrogen) atoms. The maximum atomic E-state index is 5.69. The van der Waals surface area contributed by atoms with Crippen molar-refractivity contribution in [3.05, 3.63) is 24.3 Å². The number of nitrogens with one attached hydrogen (secondary N) is 1. The number of anilines is 1. The Balaban J connectivity index is 1.84. The van der Waals surface area contributed by atoms with E-state index in [1.54, 1.807) is 0 Å². The lowest BCUT2D eigenvalue weighted by atomic mass is 10.0. The van der Waals surface area contributed by atoms with Gasteiger partial charge in [0.25, 0.3) is 0 Å². The first-order valence-corrected chi connectivity index (χ1v) is 7.94. The first-order chi connectivity index (χ1) is 9.69. The van der Waals surface area contributed by atoms with Crippen LogP contribution in [0.3, 0.4) is 0 Å². The summed E-state index contributed by atoms with van der Waals surface area (Å²) < 4.78 is 5.69. The molecule has 1 aliphatic rings. The van der Waals surface area contributed by atoms with Crippen molar-refractivity contribution in [1.29, 1.82) is 0 Å². The minimum atomic E-state index is 0.237. The van der Waals surface area contributed by atoms with Gasteiger partial charge in [-0.05, 0) is 63.9 Å². The van der Waals surface area contributed by atoms with E-state index in [0.717, 1.165) is 25.4 Å². The van der Waals surface area contributed by atoms with Gasteiger partial charge in [0.05, 0.1) is 6.10 Å². The minimum absolute atomic E-state index is 0.237. The highest BCUT2D eigenvalue weighted by molar-refractivity contribution is 5.49. The first-order valence-electron chi connectivity index (χ1n) is 7.94. The van der Waals surface area contributed by atoms with Gasteiger partial charge < -0.3 is 15.0 Å². The van der Waals surface area contributed by atoms with Crippen LogP contribution in [-0.2, 0) is 0 Å². The van der Waals surface area contributed by atoms with Crippen LogP contribution in [0.4, 0.5) is 5.69 Å². The Morgan fingerprint density at radius 2 is 1.85 bits per heavy atom. The van der Waals surface area contributed by atoms with Crippen molar-refractivity contribution in [2.24, 2.45) is 0 Å². The lowest BCUT2D eigenvalue weighted by Crippen LogP contribution is -2.42. The molecule has 1 saturated heterocycles. The van der Waals surface area contributed by atoms with E-state index in [9.17, 15) is 0 Å². The third-order valence-electron chi connectivity index (χ3n) is 3.75. The zero-order valence-corrected chi connectivity index (χ0v) is 13.1. The molecule has 0 atom stereocenters. The molecule has 3 heteroatoms. The van der Waals surface area contributed by atoms with Gasteiger partial charge in [0.15, 0.2) is 0 Å². The summed E-state index contributed by atoms with van der Waals surface area (Å²) in [6.07, 6.45) is 3.94. The Kier molecular flexibility index (Phi) is 5.72. The van der Waals surface area contributed by atoms with Gasteiger partial charge >= 0.3 is 0 Å². The van der Waals surface area contributed by atoms with Gasteiger partial charge in [0.2, 0.25) is 0 Å². The molecular formula is C17H28N2O. The molecule has 1 aromatic carbocycles. The molecule has 0 unspecified atom stereocenters. The topological polar surface area (TPSA) is 24.5 Å². The predicted molar refractivity (Wildman–Crippen MR) is 85.7 cm³/mol. The maximum Gasteiger partial charge on any atom is 0.119 e. The van der Waals surface area contributed by atoms with Crippen molar-refractivity contribution in [3.63, 3.8) is 0 Å². The number of hydrogen-bond donors (Lipinski definition) is 1. The normalized spacial score (nSPS) is 16.7. The quantitative estimate of drug-likeness (QED) is 0.861. The molecule has 0 spiro atoms. The molecule has 1 aromatic rings. The number of piperidine rings is 1. The van der Waals surface area contributed by atoms with E-state index < -0.39 is 0 Å². The Hall–Kier alpha value is -1.22. The van der Waals surface area contributed by atoms with Gasteiger partial charge in [-0.2, -0.15) is 0 Å². The van der Waals surface area contributed by atoms with Crippen LogP contribution in [0.5, 0.6) is 5.75 Å². The highest BCUT2D eigenvalue weighted by atomic mass is 16.5. The van der Waals surface area contributed by atoms with Gasteiger partial charge in [-0.1, -0.05) is 6.92 Å². The van der Waals surface area contributed by atoms with Crippen molar-refractivity contribution >= 4 is 5.69 Å². The van der Waals surface area contributed by atoms with E-state index in [1.165, 1.54) is 24.9 Å². The predicted octanol–water partition coefficient (Wildman–Crippen LogP) is 3.44. The van der Waals surface area contributed by atoms with Crippen LogP contribution in [0.15, 0.2) is 24.3 Å². The number of nitrogens with zero attached hydrogens (tertiary/aromatic N) is 1. The van der Waals surface area contributed by atoms with E-state index in [2.05, 4.69) is 55.3 Å². The van der Waals surface area contributed by atoms with Gasteiger partial charge in [0, 0.05) is 24.8 Å². The summed E-state index contributed by atoms with van der Waals surface area (Å²) in [4.78, 5) is 2.48. The minimum Gasteiger partial charge on any atom is -0.491 e. The molecule has 0 aromatic heterocycles. The van der Waals surface area contributed by atoms with Crippen molar-refractivity contribution in [2.45, 2.75) is 52.2 Å². The van der Waals surface area contributed by atoms with E-state index in [-0.39, 0.29) is 6.10 Å². The number of benzene rings is 1. The summed E-state index contributed by atoms with van der Waals surface area (Å²) in [6, 6.07) is 9.22. The van der Waals surface area contributed by atoms with Crippen LogP contribution in [0, 0.1) is 0 Å². The highest BCUT2D eigenvalue weighted by Gasteiger charge is 2.18. The molecule has 1 aliphatic heterocycles. The molecule has 2 rings (SSSR count). The summed E-state index contributed by atoms with van der Waals surface area (Å²) in [7, 11) is 0. The van der Waals surface area contributed by atoms with Crippen LogP contribution in [0.2, 0.25) is 0 Å². The molecule has 1 fully saturated rings. The molecule has 0 amide bonds. The summed E-state index contributed by atoms with van der Waals surface area (Å²) in [6.45, 7) is 9.77. The van der Waals surface area contributed by atoms with Gasteiger partial charge in [-0.15, -0.1) is 0 Å². The summed E-state index contributed by atoms with van der Waals surface area (Å²) in [5.41, 5.74) is 1.31. The molecule has 0 bridgehead atoms. The smallest absolute Gasteiger partial charge is 0.119 e. The van der Waals surface area contributed by atoms with Crippen LogP contribution >= 0.6 is 0 Å². The Morgan fingerprint density at radius 1 is 1.20 bits per heavy atom. The third-order valence-corrected chi connectivity index (χ3v) is 3.75. The van der Waals surface area contributed by atoms with Crippen LogP contribution in [0.25, 0.3) is 0 Å². The molecule has 1 N–H and O–H groups in total. The van der Waals surface area contributed by atoms with Crippen LogP contribution in [-0.4, -0.2) is 31.8 Å². The zero-order valence-electron chi connectivity index (χ0n) is 13.1. The summed E-state index contributed by atoms with van der Waals surface area (Å²) in [5, 5.41) is 3.63. The van der Waals surface area contributed by atoms with Crippen molar-refractivity contribution in [1.82, 2.24) is 5.32 Å². The fourth-order valence-corrected chi connectivity index (χ4v) is 2.70. The van der Waals surface area contributed by atoms with Crippen molar-refractivity contribution < 1.29 is 4.74 Å². The highest BCUT2D eigenvalue weighted by Crippen LogP contribution is 2.23. The molecule has 0 saturated carbocycles. The van der Waals surface area contributed by atoms with E-state index in [1.807, 2.05) is 0 Å². The molecule has 0 radical (unpaired) electrons. The lowest BCUT2D eigenvalue weighted by Gasteiger charge is -2.34. The van der Waals surface area contributed by atoms with Crippen LogP contribution < -0.4 is 15.0 Å². The molecule has 0 aliphatic carbocycles. The van der Waals surface area contributed by atoms with E-state index in [0.29, 0.717) is 6.04 Å². The maximum absolute atomic E-state index is 5.69. The molecule has 1 heterocycles. The second kappa shape index (κ2) is 7.53. The van der Waals surface area contributed by atoms with Gasteiger partial charge in [0.1, 0.15) is 5.75 Å².